The Balaban J connectivity index is 2.40. The van der Waals surface area contributed by atoms with E-state index < -0.39 is 33.2 Å². The molecule has 2 atom stereocenters. The van der Waals surface area contributed by atoms with Crippen molar-refractivity contribution in [2.24, 2.45) is 0 Å². The van der Waals surface area contributed by atoms with Crippen LogP contribution in [0.5, 0.6) is 5.75 Å². The molecule has 132 valence electrons. The number of hydrogen-bond donors (Lipinski definition) is 6. The van der Waals surface area contributed by atoms with Gasteiger partial charge in [0.15, 0.2) is 5.85 Å². The van der Waals surface area contributed by atoms with Crippen LogP contribution >= 0.6 is 15.2 Å². The molecule has 0 aliphatic heterocycles. The highest BCUT2D eigenvalue weighted by Gasteiger charge is 2.36. The summed E-state index contributed by atoms with van der Waals surface area (Å²) in [5, 5.41) is 11.8. The molecule has 9 nitrogen and oxygen atoms in total. The van der Waals surface area contributed by atoms with Crippen molar-refractivity contribution in [1.29, 1.82) is 0 Å². The summed E-state index contributed by atoms with van der Waals surface area (Å²) in [6, 6.07) is 8.98. The molecule has 2 unspecified atom stereocenters. The summed E-state index contributed by atoms with van der Waals surface area (Å²) in [6.07, 6.45) is -0.342. The summed E-state index contributed by atoms with van der Waals surface area (Å²) < 4.78 is 27.6. The molecule has 0 fully saturated rings. The molecule has 0 amide bonds. The first-order chi connectivity index (χ1) is 10.6. The minimum Gasteiger partial charge on any atom is -0.494 e. The van der Waals surface area contributed by atoms with E-state index in [2.05, 4.69) is 5.32 Å². The maximum atomic E-state index is 11.3. The Morgan fingerprint density at radius 2 is 1.65 bits per heavy atom. The number of para-hydroxylation sites is 1. The third-order valence-corrected chi connectivity index (χ3v) is 5.13. The van der Waals surface area contributed by atoms with E-state index in [1.165, 1.54) is 0 Å². The Morgan fingerprint density at radius 1 is 1.04 bits per heavy atom. The maximum absolute atomic E-state index is 11.3. The number of hydrogen-bond acceptors (Lipinski definition) is 5. The fourth-order valence-corrected chi connectivity index (χ4v) is 3.22. The van der Waals surface area contributed by atoms with Gasteiger partial charge in [-0.15, -0.1) is 0 Å². The highest BCUT2D eigenvalue weighted by molar-refractivity contribution is 7.53. The molecule has 0 bridgehead atoms. The van der Waals surface area contributed by atoms with Crippen LogP contribution in [0.2, 0.25) is 0 Å². The lowest BCUT2D eigenvalue weighted by Gasteiger charge is -2.23. The quantitative estimate of drug-likeness (QED) is 0.254. The number of rotatable bonds is 10. The summed E-state index contributed by atoms with van der Waals surface area (Å²) in [6.45, 7) is 0.447. The molecule has 0 spiro atoms. The van der Waals surface area contributed by atoms with Gasteiger partial charge in [-0.2, -0.15) is 0 Å². The SMILES string of the molecule is O=P(O)(O)C(O)CC(NCCCOc1ccccc1)P(=O)(O)O. The molecule has 0 aliphatic rings. The van der Waals surface area contributed by atoms with Crippen molar-refractivity contribution in [3.63, 3.8) is 0 Å². The van der Waals surface area contributed by atoms with Crippen molar-refractivity contribution in [2.75, 3.05) is 13.2 Å². The number of aliphatic hydroxyl groups excluding tert-OH is 1. The second-order valence-electron chi connectivity index (χ2n) is 4.88. The van der Waals surface area contributed by atoms with Crippen LogP contribution in [0.3, 0.4) is 0 Å². The zero-order valence-electron chi connectivity index (χ0n) is 12.2. The van der Waals surface area contributed by atoms with E-state index in [0.29, 0.717) is 18.8 Å². The van der Waals surface area contributed by atoms with Crippen molar-refractivity contribution in [3.8, 4) is 5.75 Å². The highest BCUT2D eigenvalue weighted by Crippen LogP contribution is 2.48. The van der Waals surface area contributed by atoms with Gasteiger partial charge < -0.3 is 34.7 Å². The third-order valence-electron chi connectivity index (χ3n) is 2.94. The summed E-state index contributed by atoms with van der Waals surface area (Å²) in [7, 11) is -9.48. The Hall–Kier alpha value is -0.760. The highest BCUT2D eigenvalue weighted by atomic mass is 31.2. The first kappa shape index (κ1) is 20.3. The van der Waals surface area contributed by atoms with Gasteiger partial charge in [-0.05, 0) is 25.1 Å². The first-order valence-corrected chi connectivity index (χ1v) is 10.2. The molecular formula is C12H21NO8P2. The van der Waals surface area contributed by atoms with Gasteiger partial charge >= 0.3 is 15.2 Å². The van der Waals surface area contributed by atoms with E-state index in [4.69, 9.17) is 14.5 Å². The van der Waals surface area contributed by atoms with Crippen molar-refractivity contribution in [3.05, 3.63) is 30.3 Å². The molecular weight excluding hydrogens is 348 g/mol. The molecule has 1 aromatic rings. The van der Waals surface area contributed by atoms with E-state index in [9.17, 15) is 24.0 Å². The van der Waals surface area contributed by atoms with E-state index in [-0.39, 0.29) is 6.54 Å². The number of aliphatic hydroxyl groups is 1. The predicted molar refractivity (Wildman–Crippen MR) is 83.1 cm³/mol. The second-order valence-corrected chi connectivity index (χ2v) is 8.46. The largest absolute Gasteiger partial charge is 0.494 e. The van der Waals surface area contributed by atoms with Crippen LogP contribution in [-0.2, 0) is 9.13 Å². The van der Waals surface area contributed by atoms with Crippen LogP contribution in [0.4, 0.5) is 0 Å². The van der Waals surface area contributed by atoms with Crippen LogP contribution in [0.15, 0.2) is 30.3 Å². The van der Waals surface area contributed by atoms with Gasteiger partial charge in [0.2, 0.25) is 0 Å². The summed E-state index contributed by atoms with van der Waals surface area (Å²) in [4.78, 5) is 36.0. The normalized spacial score (nSPS) is 15.2. The standard InChI is InChI=1S/C12H21NO8P2/c14-12(23(18,19)20)9-11(22(15,16)17)13-7-4-8-21-10-5-2-1-3-6-10/h1-3,5-6,11-14H,4,7-9H2,(H2,15,16,17)(H2,18,19,20). The van der Waals surface area contributed by atoms with Crippen LogP contribution in [-0.4, -0.2) is 49.5 Å². The van der Waals surface area contributed by atoms with E-state index in [1.54, 1.807) is 24.3 Å². The molecule has 0 saturated carbocycles. The molecule has 6 N–H and O–H groups in total. The topological polar surface area (TPSA) is 157 Å². The van der Waals surface area contributed by atoms with Gasteiger partial charge in [0.1, 0.15) is 11.5 Å². The molecule has 0 saturated heterocycles. The zero-order valence-corrected chi connectivity index (χ0v) is 14.0. The van der Waals surface area contributed by atoms with Gasteiger partial charge in [0.05, 0.1) is 6.61 Å². The molecule has 11 heteroatoms. The monoisotopic (exact) mass is 369 g/mol. The summed E-state index contributed by atoms with van der Waals surface area (Å²) in [5.74, 6) is -3.01. The van der Waals surface area contributed by atoms with Gasteiger partial charge in [-0.25, -0.2) is 0 Å². The lowest BCUT2D eigenvalue weighted by atomic mass is 10.3. The molecule has 1 aromatic carbocycles. The molecule has 0 aromatic heterocycles. The first-order valence-electron chi connectivity index (χ1n) is 6.80. The van der Waals surface area contributed by atoms with Crippen molar-refractivity contribution < 1.29 is 38.5 Å². The van der Waals surface area contributed by atoms with Gasteiger partial charge in [0, 0.05) is 6.42 Å². The van der Waals surface area contributed by atoms with Gasteiger partial charge in [0.25, 0.3) is 0 Å². The predicted octanol–water partition coefficient (Wildman–Crippen LogP) is 0.435. The van der Waals surface area contributed by atoms with E-state index in [1.807, 2.05) is 6.07 Å². The van der Waals surface area contributed by atoms with Crippen LogP contribution in [0.25, 0.3) is 0 Å². The fraction of sp³-hybridized carbons (Fsp3) is 0.500. The maximum Gasteiger partial charge on any atom is 0.353 e. The van der Waals surface area contributed by atoms with Crippen molar-refractivity contribution in [1.82, 2.24) is 5.32 Å². The summed E-state index contributed by atoms with van der Waals surface area (Å²) in [5.41, 5.74) is 0. The average molecular weight is 369 g/mol. The Labute approximate surface area is 133 Å². The van der Waals surface area contributed by atoms with Gasteiger partial charge in [-0.1, -0.05) is 18.2 Å². The minimum absolute atomic E-state index is 0.149. The van der Waals surface area contributed by atoms with Gasteiger partial charge in [-0.3, -0.25) is 9.13 Å². The van der Waals surface area contributed by atoms with Crippen LogP contribution in [0, 0.1) is 0 Å². The lowest BCUT2D eigenvalue weighted by molar-refractivity contribution is 0.183. The minimum atomic E-state index is -4.82. The molecule has 23 heavy (non-hydrogen) atoms. The number of ether oxygens (including phenoxy) is 1. The molecule has 0 radical (unpaired) electrons. The Kier molecular flexibility index (Phi) is 7.86. The second kappa shape index (κ2) is 8.92. The average Bonchev–Trinajstić information content (AvgIpc) is 2.44. The van der Waals surface area contributed by atoms with E-state index >= 15 is 0 Å². The zero-order chi connectivity index (χ0) is 17.5. The van der Waals surface area contributed by atoms with Crippen LogP contribution in [0.1, 0.15) is 12.8 Å². The molecule has 1 rings (SSSR count). The van der Waals surface area contributed by atoms with Crippen molar-refractivity contribution >= 4 is 15.2 Å². The third kappa shape index (κ3) is 8.06. The number of benzene rings is 1. The lowest BCUT2D eigenvalue weighted by Crippen LogP contribution is -2.34. The summed E-state index contributed by atoms with van der Waals surface area (Å²) >= 11 is 0. The molecule has 0 aliphatic carbocycles. The van der Waals surface area contributed by atoms with Crippen molar-refractivity contribution in [2.45, 2.75) is 24.5 Å². The fourth-order valence-electron chi connectivity index (χ4n) is 1.72. The van der Waals surface area contributed by atoms with E-state index in [0.717, 1.165) is 0 Å². The smallest absolute Gasteiger partial charge is 0.353 e. The Morgan fingerprint density at radius 3 is 2.17 bits per heavy atom. The number of nitrogens with one attached hydrogen (secondary N) is 1. The van der Waals surface area contributed by atoms with Crippen LogP contribution < -0.4 is 10.1 Å². The Bertz CT molecular complexity index is 557. The molecule has 0 heterocycles.